The van der Waals surface area contributed by atoms with Crippen molar-refractivity contribution in [3.8, 4) is 5.75 Å². The first-order chi connectivity index (χ1) is 10.2. The SMILES string of the molecule is O=C(COC(=O)[C@@H]1Cc2ccccc2O1)c1ccccc1. The molecular weight excluding hydrogens is 268 g/mol. The lowest BCUT2D eigenvalue weighted by molar-refractivity contribution is -0.149. The number of para-hydroxylation sites is 1. The van der Waals surface area contributed by atoms with Gasteiger partial charge in [-0.05, 0) is 11.6 Å². The summed E-state index contributed by atoms with van der Waals surface area (Å²) >= 11 is 0. The Labute approximate surface area is 122 Å². The number of hydrogen-bond acceptors (Lipinski definition) is 4. The van der Waals surface area contributed by atoms with Crippen LogP contribution >= 0.6 is 0 Å². The van der Waals surface area contributed by atoms with Crippen molar-refractivity contribution in [3.05, 3.63) is 65.7 Å². The minimum absolute atomic E-state index is 0.223. The van der Waals surface area contributed by atoms with E-state index in [1.54, 1.807) is 24.3 Å². The number of esters is 1. The monoisotopic (exact) mass is 282 g/mol. The highest BCUT2D eigenvalue weighted by Gasteiger charge is 2.30. The highest BCUT2D eigenvalue weighted by Crippen LogP contribution is 2.28. The van der Waals surface area contributed by atoms with Gasteiger partial charge in [0.25, 0.3) is 0 Å². The minimum atomic E-state index is -0.661. The van der Waals surface area contributed by atoms with E-state index in [4.69, 9.17) is 9.47 Å². The summed E-state index contributed by atoms with van der Waals surface area (Å²) in [5.41, 5.74) is 1.51. The molecule has 2 aromatic carbocycles. The lowest BCUT2D eigenvalue weighted by Crippen LogP contribution is -2.29. The first kappa shape index (κ1) is 13.4. The van der Waals surface area contributed by atoms with Crippen LogP contribution in [0.4, 0.5) is 0 Å². The van der Waals surface area contributed by atoms with Crippen molar-refractivity contribution >= 4 is 11.8 Å². The summed E-state index contributed by atoms with van der Waals surface area (Å²) < 4.78 is 10.6. The van der Waals surface area contributed by atoms with Gasteiger partial charge in [0.05, 0.1) is 0 Å². The number of ketones is 1. The summed E-state index contributed by atoms with van der Waals surface area (Å²) in [6.45, 7) is -0.265. The maximum Gasteiger partial charge on any atom is 0.348 e. The molecule has 0 aromatic heterocycles. The molecule has 4 nitrogen and oxygen atoms in total. The molecule has 2 aromatic rings. The number of hydrogen-bond donors (Lipinski definition) is 0. The van der Waals surface area contributed by atoms with Crippen LogP contribution in [-0.2, 0) is 16.0 Å². The Morgan fingerprint density at radius 3 is 2.52 bits per heavy atom. The van der Waals surface area contributed by atoms with Gasteiger partial charge in [-0.1, -0.05) is 48.5 Å². The number of rotatable bonds is 4. The maximum atomic E-state index is 12.0. The lowest BCUT2D eigenvalue weighted by Gasteiger charge is -2.10. The number of fused-ring (bicyclic) bond motifs is 1. The van der Waals surface area contributed by atoms with Crippen molar-refractivity contribution < 1.29 is 19.1 Å². The molecular formula is C17H14O4. The third-order valence-electron chi connectivity index (χ3n) is 3.35. The number of benzene rings is 2. The molecule has 0 spiro atoms. The highest BCUT2D eigenvalue weighted by atomic mass is 16.6. The molecule has 0 unspecified atom stereocenters. The quantitative estimate of drug-likeness (QED) is 0.638. The predicted octanol–water partition coefficient (Wildman–Crippen LogP) is 2.42. The molecule has 1 atom stereocenters. The van der Waals surface area contributed by atoms with Gasteiger partial charge in [-0.25, -0.2) is 4.79 Å². The van der Waals surface area contributed by atoms with E-state index in [-0.39, 0.29) is 12.4 Å². The van der Waals surface area contributed by atoms with Gasteiger partial charge in [0.1, 0.15) is 5.75 Å². The van der Waals surface area contributed by atoms with Crippen LogP contribution in [-0.4, -0.2) is 24.5 Å². The minimum Gasteiger partial charge on any atom is -0.478 e. The number of Topliss-reactive ketones (excluding diaryl/α,β-unsaturated/α-hetero) is 1. The number of carbonyl (C=O) groups is 2. The Morgan fingerprint density at radius 2 is 1.76 bits per heavy atom. The van der Waals surface area contributed by atoms with Crippen LogP contribution in [0.2, 0.25) is 0 Å². The van der Waals surface area contributed by atoms with Crippen LogP contribution in [0.5, 0.6) is 5.75 Å². The number of carbonyl (C=O) groups excluding carboxylic acids is 2. The van der Waals surface area contributed by atoms with Crippen molar-refractivity contribution in [3.63, 3.8) is 0 Å². The van der Waals surface area contributed by atoms with Gasteiger partial charge >= 0.3 is 5.97 Å². The smallest absolute Gasteiger partial charge is 0.348 e. The van der Waals surface area contributed by atoms with Crippen molar-refractivity contribution in [1.82, 2.24) is 0 Å². The van der Waals surface area contributed by atoms with E-state index < -0.39 is 12.1 Å². The molecule has 1 aliphatic rings. The molecule has 0 aliphatic carbocycles. The van der Waals surface area contributed by atoms with Crippen LogP contribution in [0.25, 0.3) is 0 Å². The zero-order valence-corrected chi connectivity index (χ0v) is 11.3. The fourth-order valence-electron chi connectivity index (χ4n) is 2.25. The van der Waals surface area contributed by atoms with Gasteiger partial charge in [-0.3, -0.25) is 4.79 Å². The molecule has 0 saturated carbocycles. The second kappa shape index (κ2) is 5.79. The van der Waals surface area contributed by atoms with E-state index in [2.05, 4.69) is 0 Å². The lowest BCUT2D eigenvalue weighted by atomic mass is 10.1. The molecule has 1 heterocycles. The Balaban J connectivity index is 1.55. The zero-order chi connectivity index (χ0) is 14.7. The van der Waals surface area contributed by atoms with Crippen molar-refractivity contribution in [2.45, 2.75) is 12.5 Å². The normalized spacial score (nSPS) is 15.9. The standard InChI is InChI=1S/C17H14O4/c18-14(12-6-2-1-3-7-12)11-20-17(19)16-10-13-8-4-5-9-15(13)21-16/h1-9,16H,10-11H2/t16-/m0/s1. The van der Waals surface area contributed by atoms with Crippen molar-refractivity contribution in [1.29, 1.82) is 0 Å². The molecule has 3 rings (SSSR count). The molecule has 1 aliphatic heterocycles. The van der Waals surface area contributed by atoms with Crippen LogP contribution in [0, 0.1) is 0 Å². The topological polar surface area (TPSA) is 52.6 Å². The average Bonchev–Trinajstić information content (AvgIpc) is 2.97. The van der Waals surface area contributed by atoms with Gasteiger partial charge in [-0.15, -0.1) is 0 Å². The van der Waals surface area contributed by atoms with Gasteiger partial charge in [0.2, 0.25) is 0 Å². The Morgan fingerprint density at radius 1 is 1.05 bits per heavy atom. The first-order valence-corrected chi connectivity index (χ1v) is 6.73. The second-order valence-electron chi connectivity index (χ2n) is 4.82. The summed E-state index contributed by atoms with van der Waals surface area (Å²) in [6, 6.07) is 16.2. The Hall–Kier alpha value is -2.62. The molecule has 4 heteroatoms. The number of ether oxygens (including phenoxy) is 2. The van der Waals surface area contributed by atoms with E-state index >= 15 is 0 Å². The molecule has 0 radical (unpaired) electrons. The Bertz CT molecular complexity index is 639. The van der Waals surface area contributed by atoms with Gasteiger partial charge in [-0.2, -0.15) is 0 Å². The van der Waals surface area contributed by atoms with Gasteiger partial charge < -0.3 is 9.47 Å². The third kappa shape index (κ3) is 2.94. The van der Waals surface area contributed by atoms with Crippen molar-refractivity contribution in [2.75, 3.05) is 6.61 Å². The van der Waals surface area contributed by atoms with Gasteiger partial charge in [0.15, 0.2) is 18.5 Å². The predicted molar refractivity (Wildman–Crippen MR) is 76.3 cm³/mol. The third-order valence-corrected chi connectivity index (χ3v) is 3.35. The van der Waals surface area contributed by atoms with Crippen LogP contribution < -0.4 is 4.74 Å². The van der Waals surface area contributed by atoms with Crippen LogP contribution in [0.3, 0.4) is 0 Å². The summed E-state index contributed by atoms with van der Waals surface area (Å²) in [4.78, 5) is 23.8. The molecule has 21 heavy (non-hydrogen) atoms. The molecule has 0 N–H and O–H groups in total. The van der Waals surface area contributed by atoms with Crippen LogP contribution in [0.15, 0.2) is 54.6 Å². The molecule has 0 saturated heterocycles. The maximum absolute atomic E-state index is 12.0. The Kier molecular flexibility index (Phi) is 3.69. The van der Waals surface area contributed by atoms with Crippen molar-refractivity contribution in [2.24, 2.45) is 0 Å². The van der Waals surface area contributed by atoms with E-state index in [1.165, 1.54) is 0 Å². The highest BCUT2D eigenvalue weighted by molar-refractivity contribution is 5.98. The summed E-state index contributed by atoms with van der Waals surface area (Å²) in [6.07, 6.45) is -0.180. The molecule has 106 valence electrons. The summed E-state index contributed by atoms with van der Waals surface area (Å²) in [5, 5.41) is 0. The fraction of sp³-hybridized carbons (Fsp3) is 0.176. The van der Waals surface area contributed by atoms with E-state index in [9.17, 15) is 9.59 Å². The summed E-state index contributed by atoms with van der Waals surface area (Å²) in [5.74, 6) is -0.0243. The fourth-order valence-corrected chi connectivity index (χ4v) is 2.25. The first-order valence-electron chi connectivity index (χ1n) is 6.73. The van der Waals surface area contributed by atoms with E-state index in [0.717, 1.165) is 5.56 Å². The van der Waals surface area contributed by atoms with E-state index in [1.807, 2.05) is 30.3 Å². The largest absolute Gasteiger partial charge is 0.478 e. The summed E-state index contributed by atoms with van der Waals surface area (Å²) in [7, 11) is 0. The molecule has 0 bridgehead atoms. The molecule has 0 amide bonds. The second-order valence-corrected chi connectivity index (χ2v) is 4.82. The van der Waals surface area contributed by atoms with Crippen LogP contribution in [0.1, 0.15) is 15.9 Å². The zero-order valence-electron chi connectivity index (χ0n) is 11.3. The molecule has 0 fully saturated rings. The average molecular weight is 282 g/mol. The van der Waals surface area contributed by atoms with E-state index in [0.29, 0.717) is 17.7 Å². The van der Waals surface area contributed by atoms with Gasteiger partial charge in [0, 0.05) is 12.0 Å².